The van der Waals surface area contributed by atoms with E-state index in [9.17, 15) is 0 Å². The molecule has 0 nitrogen and oxygen atoms in total. The van der Waals surface area contributed by atoms with Crippen LogP contribution >= 0.6 is 348 Å². The van der Waals surface area contributed by atoms with E-state index in [1.54, 1.807) is 0 Å². The van der Waals surface area contributed by atoms with Crippen LogP contribution < -0.4 is 0 Å². The van der Waals surface area contributed by atoms with E-state index in [1.165, 1.54) is 0 Å². The average molecular weight is 1230 g/mol. The van der Waals surface area contributed by atoms with Crippen LogP contribution in [0.3, 0.4) is 0 Å². The molecule has 0 unspecified atom stereocenters. The summed E-state index contributed by atoms with van der Waals surface area (Å²) in [6.07, 6.45) is 0. The first-order valence-corrected chi connectivity index (χ1v) is 20.3. The zero-order valence-electron chi connectivity index (χ0n) is 18.3. The summed E-state index contributed by atoms with van der Waals surface area (Å²) >= 11 is 186. The smallest absolute Gasteiger partial charge is 0.0946 e. The lowest BCUT2D eigenvalue weighted by Gasteiger charge is -2.58. The third-order valence-corrected chi connectivity index (χ3v) is 25.8. The summed E-state index contributed by atoms with van der Waals surface area (Å²) in [5.74, 6) is 0. The van der Waals surface area contributed by atoms with Crippen LogP contribution in [0, 0.1) is 0 Å². The van der Waals surface area contributed by atoms with Gasteiger partial charge in [-0.25, -0.2) is 0 Å². The van der Waals surface area contributed by atoms with E-state index in [0.29, 0.717) is 0 Å². The van der Waals surface area contributed by atoms with E-state index < -0.39 is 59.6 Å². The van der Waals surface area contributed by atoms with Crippen LogP contribution in [-0.4, -0.2) is 59.6 Å². The highest BCUT2D eigenvalue weighted by Gasteiger charge is 2.86. The van der Waals surface area contributed by atoms with Gasteiger partial charge in [-0.2, -0.15) is 0 Å². The summed E-state index contributed by atoms with van der Waals surface area (Å²) < 4.78 is -45.5. The van der Waals surface area contributed by atoms with E-state index in [0.717, 1.165) is 0 Å². The molecule has 0 aliphatic carbocycles. The molecule has 0 N–H and O–H groups in total. The predicted molar refractivity (Wildman–Crippen MR) is 214 cm³/mol. The predicted octanol–water partition coefficient (Wildman–Crippen LogP) is 17.8. The Bertz CT molecular complexity index is 963. The molecule has 0 aromatic heterocycles. The van der Waals surface area contributed by atoms with Crippen molar-refractivity contribution in [2.24, 2.45) is 0 Å². The maximum absolute atomic E-state index is 6.45. The number of hydrogen-bond donors (Lipinski definition) is 0. The molecule has 0 aliphatic rings. The molecule has 0 aromatic rings. The van der Waals surface area contributed by atoms with Gasteiger partial charge in [0.05, 0.1) is 0 Å². The van der Waals surface area contributed by atoms with Crippen LogP contribution in [0.1, 0.15) is 0 Å². The molecular weight excluding hydrogens is 1230 g/mol. The summed E-state index contributed by atoms with van der Waals surface area (Å²) in [5, 5.41) is 0. The van der Waals surface area contributed by atoms with Crippen LogP contribution in [0.2, 0.25) is 0 Å². The van der Waals surface area contributed by atoms with Crippen LogP contribution in [0.15, 0.2) is 0 Å². The summed E-state index contributed by atoms with van der Waals surface area (Å²) in [4.78, 5) is 0. The van der Waals surface area contributed by atoms with Gasteiger partial charge < -0.3 is 0 Å². The number of hydrogen-bond acceptors (Lipinski definition) is 0. The second kappa shape index (κ2) is 15.5. The van der Waals surface area contributed by atoms with Crippen molar-refractivity contribution in [3.63, 3.8) is 0 Å². The first-order valence-electron chi connectivity index (χ1n) is 8.92. The zero-order chi connectivity index (χ0) is 37.0. The highest BCUT2D eigenvalue weighted by Crippen LogP contribution is 2.77. The Morgan fingerprint density at radius 2 is 0.182 bits per heavy atom. The Hall–Kier alpha value is 8.70. The highest BCUT2D eigenvalue weighted by atomic mass is 35.6. The minimum Gasteiger partial charge on any atom is -0.0946 e. The van der Waals surface area contributed by atoms with Crippen molar-refractivity contribution in [2.45, 2.75) is 59.6 Å². The molecule has 0 radical (unpaired) electrons. The summed E-state index contributed by atoms with van der Waals surface area (Å²) in [5.41, 5.74) is 0. The second-order valence-electron chi connectivity index (χ2n) is 7.89. The summed E-state index contributed by atoms with van der Waals surface area (Å²) in [6, 6.07) is 0. The minimum absolute atomic E-state index is 2.80. The van der Waals surface area contributed by atoms with Crippen LogP contribution in [0.4, 0.5) is 0 Å². The molecule has 0 amide bonds. The van der Waals surface area contributed by atoms with E-state index in [2.05, 4.69) is 0 Å². The van der Waals surface area contributed by atoms with Gasteiger partial charge in [0.2, 0.25) is 16.3 Å². The molecule has 0 aromatic carbocycles. The second-order valence-corrected chi connectivity index (χ2v) is 28.4. The Kier molecular flexibility index (Phi) is 18.5. The molecule has 0 atom stereocenters. The van der Waals surface area contributed by atoms with Gasteiger partial charge >= 0.3 is 0 Å². The molecule has 30 heteroatoms. The van der Waals surface area contributed by atoms with Crippen molar-refractivity contribution < 1.29 is 0 Å². The van der Waals surface area contributed by atoms with Gasteiger partial charge in [-0.15, -0.1) is 0 Å². The molecule has 0 aliphatic heterocycles. The lowest BCUT2D eigenvalue weighted by Crippen LogP contribution is -2.75. The fraction of sp³-hybridized carbons (Fsp3) is 1.00. The van der Waals surface area contributed by atoms with Crippen LogP contribution in [0.5, 0.6) is 0 Å². The van der Waals surface area contributed by atoms with E-state index >= 15 is 0 Å². The Labute approximate surface area is 401 Å². The third kappa shape index (κ3) is 7.93. The molecule has 44 heavy (non-hydrogen) atoms. The lowest BCUT2D eigenvalue weighted by molar-refractivity contribution is 0.407. The highest BCUT2D eigenvalue weighted by molar-refractivity contribution is 6.86. The molecule has 0 rings (SSSR count). The standard InChI is InChI=1S/C14Cl30/c15-1(16,3(19,20)5(23,24)7(27,28)9(31,32)11(35,36)13(39,40)41)2(17,18)4(21,22)6(25,26)8(29,30)10(33,34)12(37,38)14(42,43)44. The van der Waals surface area contributed by atoms with E-state index in [1.807, 2.05) is 0 Å². The van der Waals surface area contributed by atoms with Gasteiger partial charge in [0.15, 0.2) is 43.3 Å². The average Bonchev–Trinajstić information content (AvgIpc) is 2.75. The van der Waals surface area contributed by atoms with Gasteiger partial charge in [-0.1, -0.05) is 348 Å². The fourth-order valence-corrected chi connectivity index (χ4v) is 11.9. The molecular formula is C14Cl30. The fourth-order valence-electron chi connectivity index (χ4n) is 2.33. The number of halogens is 30. The molecule has 0 saturated heterocycles. The normalized spacial score (nSPS) is 17.3. The van der Waals surface area contributed by atoms with Crippen molar-refractivity contribution in [1.29, 1.82) is 0 Å². The third-order valence-electron chi connectivity index (χ3n) is 5.05. The van der Waals surface area contributed by atoms with Gasteiger partial charge in [-0.05, 0) is 0 Å². The van der Waals surface area contributed by atoms with Crippen LogP contribution in [-0.2, 0) is 0 Å². The topological polar surface area (TPSA) is 0 Å². The number of rotatable bonds is 11. The quantitative estimate of drug-likeness (QED) is 0.181. The Morgan fingerprint density at radius 3 is 0.250 bits per heavy atom. The summed E-state index contributed by atoms with van der Waals surface area (Å²) in [6.45, 7) is 0. The Morgan fingerprint density at radius 1 is 0.114 bits per heavy atom. The lowest BCUT2D eigenvalue weighted by atomic mass is 9.98. The first kappa shape index (κ1) is 52.7. The van der Waals surface area contributed by atoms with Gasteiger partial charge in [0, 0.05) is 0 Å². The molecule has 266 valence electrons. The van der Waals surface area contributed by atoms with Gasteiger partial charge in [0.1, 0.15) is 0 Å². The van der Waals surface area contributed by atoms with Crippen molar-refractivity contribution in [3.05, 3.63) is 0 Å². The molecule has 0 heterocycles. The van der Waals surface area contributed by atoms with E-state index in [-0.39, 0.29) is 0 Å². The first-order chi connectivity index (χ1) is 18.2. The molecule has 0 saturated carbocycles. The zero-order valence-corrected chi connectivity index (χ0v) is 41.0. The van der Waals surface area contributed by atoms with Crippen LogP contribution in [0.25, 0.3) is 0 Å². The van der Waals surface area contributed by atoms with Gasteiger partial charge in [-0.3, -0.25) is 0 Å². The van der Waals surface area contributed by atoms with Gasteiger partial charge in [0.25, 0.3) is 0 Å². The summed E-state index contributed by atoms with van der Waals surface area (Å²) in [7, 11) is 0. The molecule has 0 fully saturated rings. The molecule has 0 bridgehead atoms. The number of alkyl halides is 30. The van der Waals surface area contributed by atoms with E-state index in [4.69, 9.17) is 348 Å². The minimum atomic E-state index is -3.51. The Balaban J connectivity index is 7.52. The van der Waals surface area contributed by atoms with Crippen molar-refractivity contribution in [2.75, 3.05) is 0 Å². The molecule has 0 spiro atoms. The van der Waals surface area contributed by atoms with Crippen molar-refractivity contribution >= 4 is 348 Å². The maximum atomic E-state index is 6.45. The largest absolute Gasteiger partial charge is 0.226 e. The monoisotopic (exact) mass is 1220 g/mol. The SMILES string of the molecule is ClC(Cl)(Cl)C(Cl)(Cl)C(Cl)(Cl)C(Cl)(Cl)C(Cl)(Cl)C(Cl)(Cl)C(Cl)(Cl)C(Cl)(Cl)C(Cl)(Cl)C(Cl)(Cl)C(Cl)(Cl)C(Cl)(Cl)C(Cl)(Cl)C(Cl)(Cl)Cl. The maximum Gasteiger partial charge on any atom is 0.226 e. The van der Waals surface area contributed by atoms with Crippen molar-refractivity contribution in [1.82, 2.24) is 0 Å². The van der Waals surface area contributed by atoms with Crippen molar-refractivity contribution in [3.8, 4) is 0 Å².